The van der Waals surface area contributed by atoms with Gasteiger partial charge in [0.05, 0.1) is 0 Å². The summed E-state index contributed by atoms with van der Waals surface area (Å²) in [6.07, 6.45) is 1.93. The molecule has 0 aliphatic heterocycles. The van der Waals surface area contributed by atoms with Crippen LogP contribution in [-0.2, 0) is 4.79 Å². The maximum Gasteiger partial charge on any atom is 0.166 e. The van der Waals surface area contributed by atoms with Crippen molar-refractivity contribution in [2.75, 3.05) is 14.1 Å². The minimum Gasteiger partial charge on any atom is -0.383 e. The van der Waals surface area contributed by atoms with Gasteiger partial charge in [-0.25, -0.2) is 8.78 Å². The van der Waals surface area contributed by atoms with E-state index < -0.39 is 11.6 Å². The SMILES string of the molecule is CN(C)C=C(C=O)c1cccc(F)c1F. The van der Waals surface area contributed by atoms with Gasteiger partial charge in [0.2, 0.25) is 0 Å². The first-order chi connectivity index (χ1) is 7.06. The summed E-state index contributed by atoms with van der Waals surface area (Å²) in [4.78, 5) is 12.3. The zero-order valence-corrected chi connectivity index (χ0v) is 8.50. The van der Waals surface area contributed by atoms with Crippen molar-refractivity contribution in [1.82, 2.24) is 4.90 Å². The number of halogens is 2. The van der Waals surface area contributed by atoms with Gasteiger partial charge in [0, 0.05) is 31.4 Å². The Balaban J connectivity index is 3.25. The topological polar surface area (TPSA) is 20.3 Å². The summed E-state index contributed by atoms with van der Waals surface area (Å²) in [7, 11) is 3.39. The van der Waals surface area contributed by atoms with Gasteiger partial charge in [-0.3, -0.25) is 4.79 Å². The summed E-state index contributed by atoms with van der Waals surface area (Å²) in [5.41, 5.74) is 0.0794. The molecule has 1 rings (SSSR count). The number of aldehydes is 1. The van der Waals surface area contributed by atoms with Crippen LogP contribution in [0.3, 0.4) is 0 Å². The Morgan fingerprint density at radius 3 is 2.53 bits per heavy atom. The number of nitrogens with zero attached hydrogens (tertiary/aromatic N) is 1. The van der Waals surface area contributed by atoms with Crippen LogP contribution in [0.15, 0.2) is 24.4 Å². The Labute approximate surface area is 86.8 Å². The van der Waals surface area contributed by atoms with Gasteiger partial charge in [-0.1, -0.05) is 12.1 Å². The van der Waals surface area contributed by atoms with E-state index in [0.717, 1.165) is 6.07 Å². The fourth-order valence-electron chi connectivity index (χ4n) is 1.17. The summed E-state index contributed by atoms with van der Waals surface area (Å²) < 4.78 is 26.2. The third-order valence-corrected chi connectivity index (χ3v) is 1.79. The number of hydrogen-bond acceptors (Lipinski definition) is 2. The van der Waals surface area contributed by atoms with Crippen LogP contribution in [0.2, 0.25) is 0 Å². The lowest BCUT2D eigenvalue weighted by molar-refractivity contribution is -0.103. The Hall–Kier alpha value is -1.71. The van der Waals surface area contributed by atoms with Crippen molar-refractivity contribution in [2.45, 2.75) is 0 Å². The van der Waals surface area contributed by atoms with Gasteiger partial charge >= 0.3 is 0 Å². The lowest BCUT2D eigenvalue weighted by Gasteiger charge is -2.08. The molecule has 0 fully saturated rings. The van der Waals surface area contributed by atoms with Crippen molar-refractivity contribution in [1.29, 1.82) is 0 Å². The van der Waals surface area contributed by atoms with Gasteiger partial charge in [-0.2, -0.15) is 0 Å². The predicted octanol–water partition coefficient (Wildman–Crippen LogP) is 2.07. The molecule has 2 nitrogen and oxygen atoms in total. The minimum atomic E-state index is -1.00. The van der Waals surface area contributed by atoms with E-state index in [9.17, 15) is 13.6 Å². The molecular formula is C11H11F2NO. The summed E-state index contributed by atoms with van der Waals surface area (Å²) in [5.74, 6) is -1.96. The van der Waals surface area contributed by atoms with Crippen LogP contribution in [0.5, 0.6) is 0 Å². The maximum atomic E-state index is 13.3. The molecule has 15 heavy (non-hydrogen) atoms. The van der Waals surface area contributed by atoms with Crippen molar-refractivity contribution in [3.05, 3.63) is 41.6 Å². The molecule has 0 aliphatic carbocycles. The zero-order chi connectivity index (χ0) is 11.4. The van der Waals surface area contributed by atoms with Crippen LogP contribution in [0, 0.1) is 11.6 Å². The lowest BCUT2D eigenvalue weighted by Crippen LogP contribution is -2.04. The second-order valence-corrected chi connectivity index (χ2v) is 3.27. The molecule has 0 N–H and O–H groups in total. The molecule has 1 aromatic rings. The maximum absolute atomic E-state index is 13.3. The van der Waals surface area contributed by atoms with Crippen molar-refractivity contribution in [2.24, 2.45) is 0 Å². The number of hydrogen-bond donors (Lipinski definition) is 0. The van der Waals surface area contributed by atoms with E-state index in [0.29, 0.717) is 6.29 Å². The summed E-state index contributed by atoms with van der Waals surface area (Å²) in [6.45, 7) is 0. The minimum absolute atomic E-state index is 0.0290. The Bertz CT molecular complexity index is 400. The number of allylic oxidation sites excluding steroid dienone is 1. The third kappa shape index (κ3) is 2.62. The normalized spacial score (nSPS) is 11.3. The second-order valence-electron chi connectivity index (χ2n) is 3.27. The molecular weight excluding hydrogens is 200 g/mol. The van der Waals surface area contributed by atoms with E-state index in [-0.39, 0.29) is 11.1 Å². The van der Waals surface area contributed by atoms with E-state index in [4.69, 9.17) is 0 Å². The smallest absolute Gasteiger partial charge is 0.166 e. The Kier molecular flexibility index (Phi) is 3.55. The predicted molar refractivity (Wildman–Crippen MR) is 54.1 cm³/mol. The van der Waals surface area contributed by atoms with Gasteiger partial charge in [0.25, 0.3) is 0 Å². The highest BCUT2D eigenvalue weighted by Crippen LogP contribution is 2.18. The molecule has 0 aliphatic rings. The third-order valence-electron chi connectivity index (χ3n) is 1.79. The standard InChI is InChI=1S/C11H11F2NO/c1-14(2)6-8(7-15)9-4-3-5-10(12)11(9)13/h3-7H,1-2H3. The van der Waals surface area contributed by atoms with E-state index in [1.165, 1.54) is 18.3 Å². The van der Waals surface area contributed by atoms with Crippen LogP contribution >= 0.6 is 0 Å². The van der Waals surface area contributed by atoms with E-state index >= 15 is 0 Å². The first-order valence-corrected chi connectivity index (χ1v) is 4.34. The molecule has 80 valence electrons. The van der Waals surface area contributed by atoms with Crippen molar-refractivity contribution < 1.29 is 13.6 Å². The van der Waals surface area contributed by atoms with E-state index in [1.54, 1.807) is 19.0 Å². The molecule has 0 saturated heterocycles. The van der Waals surface area contributed by atoms with E-state index in [2.05, 4.69) is 0 Å². The summed E-state index contributed by atoms with van der Waals surface area (Å²) in [6, 6.07) is 3.74. The molecule has 4 heteroatoms. The average Bonchev–Trinajstić information content (AvgIpc) is 2.19. The van der Waals surface area contributed by atoms with Gasteiger partial charge in [0.15, 0.2) is 17.9 Å². The van der Waals surface area contributed by atoms with E-state index in [1.807, 2.05) is 0 Å². The van der Waals surface area contributed by atoms with Crippen molar-refractivity contribution in [3.63, 3.8) is 0 Å². The monoisotopic (exact) mass is 211 g/mol. The molecule has 0 atom stereocenters. The molecule has 0 bridgehead atoms. The van der Waals surface area contributed by atoms with Crippen LogP contribution in [-0.4, -0.2) is 25.3 Å². The highest BCUT2D eigenvalue weighted by Gasteiger charge is 2.11. The fourth-order valence-corrected chi connectivity index (χ4v) is 1.17. The highest BCUT2D eigenvalue weighted by molar-refractivity contribution is 6.06. The van der Waals surface area contributed by atoms with Crippen molar-refractivity contribution in [3.8, 4) is 0 Å². The lowest BCUT2D eigenvalue weighted by atomic mass is 10.1. The molecule has 0 spiro atoms. The highest BCUT2D eigenvalue weighted by atomic mass is 19.2. The molecule has 0 amide bonds. The van der Waals surface area contributed by atoms with Gasteiger partial charge in [-0.15, -0.1) is 0 Å². The summed E-state index contributed by atoms with van der Waals surface area (Å²) >= 11 is 0. The number of benzene rings is 1. The number of carbonyl (C=O) groups excluding carboxylic acids is 1. The Morgan fingerprint density at radius 2 is 2.00 bits per heavy atom. The first-order valence-electron chi connectivity index (χ1n) is 4.34. The van der Waals surface area contributed by atoms with Gasteiger partial charge in [0.1, 0.15) is 0 Å². The van der Waals surface area contributed by atoms with Crippen LogP contribution in [0.25, 0.3) is 5.57 Å². The summed E-state index contributed by atoms with van der Waals surface area (Å²) in [5, 5.41) is 0. The quantitative estimate of drug-likeness (QED) is 0.563. The molecule has 0 unspecified atom stereocenters. The average molecular weight is 211 g/mol. The molecule has 0 radical (unpaired) electrons. The molecule has 0 saturated carbocycles. The van der Waals surface area contributed by atoms with Gasteiger partial charge in [-0.05, 0) is 6.07 Å². The molecule has 0 heterocycles. The molecule has 0 aromatic heterocycles. The Morgan fingerprint density at radius 1 is 1.33 bits per heavy atom. The zero-order valence-electron chi connectivity index (χ0n) is 8.50. The number of rotatable bonds is 3. The van der Waals surface area contributed by atoms with Gasteiger partial charge < -0.3 is 4.90 Å². The fraction of sp³-hybridized carbons (Fsp3) is 0.182. The largest absolute Gasteiger partial charge is 0.383 e. The van der Waals surface area contributed by atoms with Crippen LogP contribution in [0.4, 0.5) is 8.78 Å². The first kappa shape index (κ1) is 11.4. The molecule has 1 aromatic carbocycles. The van der Waals surface area contributed by atoms with Crippen LogP contribution < -0.4 is 0 Å². The number of carbonyl (C=O) groups is 1. The van der Waals surface area contributed by atoms with Crippen LogP contribution in [0.1, 0.15) is 5.56 Å². The van der Waals surface area contributed by atoms with Crippen molar-refractivity contribution >= 4 is 11.9 Å². The second kappa shape index (κ2) is 4.68.